The van der Waals surface area contributed by atoms with Gasteiger partial charge in [0, 0.05) is 19.2 Å². The van der Waals surface area contributed by atoms with Gasteiger partial charge in [0.2, 0.25) is 0 Å². The summed E-state index contributed by atoms with van der Waals surface area (Å²) < 4.78 is 16.2. The SMILES string of the molecule is COc1ccc(N2C(=O)NC(=O)C(=Cc3ccc(N4CCOCC4)o3)C2=O)cc1.Cl. The third kappa shape index (κ3) is 4.17. The second kappa shape index (κ2) is 9.02. The number of carbonyl (C=O) groups is 3. The van der Waals surface area contributed by atoms with Gasteiger partial charge in [-0.3, -0.25) is 14.9 Å². The summed E-state index contributed by atoms with van der Waals surface area (Å²) in [7, 11) is 1.52. The second-order valence-corrected chi connectivity index (χ2v) is 6.43. The summed E-state index contributed by atoms with van der Waals surface area (Å²) >= 11 is 0. The Morgan fingerprint density at radius 2 is 1.73 bits per heavy atom. The molecule has 0 unspecified atom stereocenters. The molecule has 0 spiro atoms. The first-order valence-corrected chi connectivity index (χ1v) is 9.05. The molecule has 0 aliphatic carbocycles. The zero-order chi connectivity index (χ0) is 20.4. The molecule has 2 aliphatic rings. The fourth-order valence-electron chi connectivity index (χ4n) is 3.14. The van der Waals surface area contributed by atoms with Crippen molar-refractivity contribution in [3.05, 3.63) is 47.7 Å². The summed E-state index contributed by atoms with van der Waals surface area (Å²) in [6.07, 6.45) is 1.34. The van der Waals surface area contributed by atoms with E-state index in [0.717, 1.165) is 4.90 Å². The van der Waals surface area contributed by atoms with E-state index in [2.05, 4.69) is 5.32 Å². The van der Waals surface area contributed by atoms with Gasteiger partial charge in [-0.25, -0.2) is 9.69 Å². The number of benzene rings is 1. The highest BCUT2D eigenvalue weighted by Gasteiger charge is 2.37. The molecule has 0 saturated carbocycles. The van der Waals surface area contributed by atoms with Crippen LogP contribution in [0.3, 0.4) is 0 Å². The maximum Gasteiger partial charge on any atom is 0.335 e. The van der Waals surface area contributed by atoms with E-state index in [1.807, 2.05) is 4.90 Å². The van der Waals surface area contributed by atoms with Crippen molar-refractivity contribution in [2.75, 3.05) is 43.2 Å². The molecule has 0 bridgehead atoms. The minimum Gasteiger partial charge on any atom is -0.497 e. The van der Waals surface area contributed by atoms with Crippen molar-refractivity contribution >= 4 is 47.9 Å². The molecular weight excluding hydrogens is 414 g/mol. The third-order valence-corrected chi connectivity index (χ3v) is 4.65. The molecule has 10 heteroatoms. The Morgan fingerprint density at radius 1 is 1.03 bits per heavy atom. The quantitative estimate of drug-likeness (QED) is 0.582. The van der Waals surface area contributed by atoms with E-state index in [1.165, 1.54) is 13.2 Å². The Labute approximate surface area is 178 Å². The number of hydrogen-bond acceptors (Lipinski definition) is 7. The van der Waals surface area contributed by atoms with Gasteiger partial charge in [0.1, 0.15) is 17.1 Å². The highest BCUT2D eigenvalue weighted by molar-refractivity contribution is 6.39. The maximum absolute atomic E-state index is 12.9. The first-order valence-electron chi connectivity index (χ1n) is 9.05. The lowest BCUT2D eigenvalue weighted by Crippen LogP contribution is -2.54. The molecule has 0 atom stereocenters. The van der Waals surface area contributed by atoms with Gasteiger partial charge in [-0.05, 0) is 36.4 Å². The number of rotatable bonds is 4. The molecule has 2 fully saturated rings. The number of morpholine rings is 1. The average Bonchev–Trinajstić information content (AvgIpc) is 3.21. The monoisotopic (exact) mass is 433 g/mol. The van der Waals surface area contributed by atoms with E-state index in [9.17, 15) is 14.4 Å². The molecule has 2 saturated heterocycles. The highest BCUT2D eigenvalue weighted by Crippen LogP contribution is 2.26. The number of furan rings is 1. The van der Waals surface area contributed by atoms with Crippen LogP contribution in [0.15, 0.2) is 46.4 Å². The Kier molecular flexibility index (Phi) is 6.43. The van der Waals surface area contributed by atoms with Crippen LogP contribution in [0.25, 0.3) is 6.08 Å². The van der Waals surface area contributed by atoms with E-state index in [0.29, 0.717) is 49.4 Å². The fraction of sp³-hybridized carbons (Fsp3) is 0.250. The fourth-order valence-corrected chi connectivity index (χ4v) is 3.14. The van der Waals surface area contributed by atoms with E-state index in [-0.39, 0.29) is 18.0 Å². The molecule has 0 radical (unpaired) electrons. The van der Waals surface area contributed by atoms with Crippen LogP contribution in [0, 0.1) is 0 Å². The van der Waals surface area contributed by atoms with Crippen molar-refractivity contribution in [3.63, 3.8) is 0 Å². The topological polar surface area (TPSA) is 101 Å². The van der Waals surface area contributed by atoms with E-state index < -0.39 is 17.8 Å². The summed E-state index contributed by atoms with van der Waals surface area (Å²) in [5.41, 5.74) is 0.128. The van der Waals surface area contributed by atoms with Crippen LogP contribution in [0.4, 0.5) is 16.4 Å². The van der Waals surface area contributed by atoms with E-state index in [1.54, 1.807) is 36.4 Å². The molecule has 4 rings (SSSR count). The smallest absolute Gasteiger partial charge is 0.335 e. The Bertz CT molecular complexity index is 979. The number of methoxy groups -OCH3 is 1. The Hall–Kier alpha value is -3.30. The van der Waals surface area contributed by atoms with Crippen LogP contribution in [0.5, 0.6) is 5.75 Å². The lowest BCUT2D eigenvalue weighted by molar-refractivity contribution is -0.122. The predicted octanol–water partition coefficient (Wildman–Crippen LogP) is 2.21. The van der Waals surface area contributed by atoms with Gasteiger partial charge < -0.3 is 18.8 Å². The van der Waals surface area contributed by atoms with Crippen LogP contribution >= 0.6 is 12.4 Å². The first kappa shape index (κ1) is 21.4. The number of barbiturate groups is 1. The van der Waals surface area contributed by atoms with Gasteiger partial charge in [-0.1, -0.05) is 0 Å². The summed E-state index contributed by atoms with van der Waals surface area (Å²) in [6.45, 7) is 2.61. The lowest BCUT2D eigenvalue weighted by Gasteiger charge is -2.26. The zero-order valence-electron chi connectivity index (χ0n) is 16.1. The van der Waals surface area contributed by atoms with Crippen molar-refractivity contribution < 1.29 is 28.3 Å². The number of halogens is 1. The standard InChI is InChI=1S/C20H19N3O6.ClH/c1-27-14-4-2-13(3-5-14)23-19(25)16(18(24)21-20(23)26)12-15-6-7-17(29-15)22-8-10-28-11-9-22;/h2-7,12H,8-11H2,1H3,(H,21,24,26);1H. The lowest BCUT2D eigenvalue weighted by atomic mass is 10.1. The van der Waals surface area contributed by atoms with Crippen LogP contribution in [0.1, 0.15) is 5.76 Å². The van der Waals surface area contributed by atoms with Gasteiger partial charge in [-0.15, -0.1) is 12.4 Å². The summed E-state index contributed by atoms with van der Waals surface area (Å²) in [4.78, 5) is 40.3. The third-order valence-electron chi connectivity index (χ3n) is 4.65. The molecule has 1 N–H and O–H groups in total. The number of ether oxygens (including phenoxy) is 2. The largest absolute Gasteiger partial charge is 0.497 e. The molecule has 158 valence electrons. The number of nitrogens with zero attached hydrogens (tertiary/aromatic N) is 2. The van der Waals surface area contributed by atoms with Crippen LogP contribution < -0.4 is 19.9 Å². The molecule has 1 aromatic carbocycles. The number of urea groups is 1. The van der Waals surface area contributed by atoms with Crippen LogP contribution in [0.2, 0.25) is 0 Å². The van der Waals surface area contributed by atoms with Gasteiger partial charge in [0.25, 0.3) is 11.8 Å². The number of anilines is 2. The Morgan fingerprint density at radius 3 is 2.40 bits per heavy atom. The van der Waals surface area contributed by atoms with Crippen molar-refractivity contribution in [2.45, 2.75) is 0 Å². The second-order valence-electron chi connectivity index (χ2n) is 6.43. The molecule has 1 aromatic heterocycles. The molecule has 30 heavy (non-hydrogen) atoms. The number of nitrogens with one attached hydrogen (secondary N) is 1. The number of amides is 4. The van der Waals surface area contributed by atoms with Gasteiger partial charge in [0.05, 0.1) is 26.0 Å². The number of carbonyl (C=O) groups excluding carboxylic acids is 3. The van der Waals surface area contributed by atoms with E-state index in [4.69, 9.17) is 13.9 Å². The molecule has 4 amide bonds. The Balaban J connectivity index is 0.00000256. The van der Waals surface area contributed by atoms with Crippen LogP contribution in [-0.4, -0.2) is 51.3 Å². The summed E-state index contributed by atoms with van der Waals surface area (Å²) in [5.74, 6) is 0.0555. The molecule has 2 aromatic rings. The van der Waals surface area contributed by atoms with Gasteiger partial charge in [0.15, 0.2) is 5.88 Å². The van der Waals surface area contributed by atoms with E-state index >= 15 is 0 Å². The van der Waals surface area contributed by atoms with Crippen LogP contribution in [-0.2, 0) is 14.3 Å². The molecule has 9 nitrogen and oxygen atoms in total. The number of hydrogen-bond donors (Lipinski definition) is 1. The van der Waals surface area contributed by atoms with Crippen molar-refractivity contribution in [3.8, 4) is 5.75 Å². The zero-order valence-corrected chi connectivity index (χ0v) is 16.9. The van der Waals surface area contributed by atoms with Crippen molar-refractivity contribution in [2.24, 2.45) is 0 Å². The molecular formula is C20H20ClN3O6. The van der Waals surface area contributed by atoms with Gasteiger partial charge in [-0.2, -0.15) is 0 Å². The summed E-state index contributed by atoms with van der Waals surface area (Å²) in [6, 6.07) is 9.01. The van der Waals surface area contributed by atoms with Crippen molar-refractivity contribution in [1.82, 2.24) is 5.32 Å². The highest BCUT2D eigenvalue weighted by atomic mass is 35.5. The molecule has 2 aliphatic heterocycles. The molecule has 3 heterocycles. The number of imide groups is 2. The van der Waals surface area contributed by atoms with Crippen molar-refractivity contribution in [1.29, 1.82) is 0 Å². The maximum atomic E-state index is 12.9. The minimum atomic E-state index is -0.809. The predicted molar refractivity (Wildman–Crippen MR) is 111 cm³/mol. The average molecular weight is 434 g/mol. The summed E-state index contributed by atoms with van der Waals surface area (Å²) in [5, 5.41) is 2.19. The van der Waals surface area contributed by atoms with Gasteiger partial charge >= 0.3 is 6.03 Å². The first-order chi connectivity index (χ1) is 14.1. The minimum absolute atomic E-state index is 0. The normalized spacial score (nSPS) is 18.3.